The number of amides is 1. The molecule has 0 saturated carbocycles. The Labute approximate surface area is 207 Å². The number of hydrogen-bond acceptors (Lipinski definition) is 7. The number of carbonyl (C=O) groups excluding carboxylic acids is 1. The van der Waals surface area contributed by atoms with Gasteiger partial charge < -0.3 is 19.4 Å². The molecule has 3 heterocycles. The summed E-state index contributed by atoms with van der Waals surface area (Å²) >= 11 is 1.36. The maximum atomic E-state index is 13.5. The first-order chi connectivity index (χ1) is 17.2. The van der Waals surface area contributed by atoms with Crippen molar-refractivity contribution in [3.63, 3.8) is 0 Å². The first-order valence-corrected chi connectivity index (χ1v) is 12.8. The van der Waals surface area contributed by atoms with Gasteiger partial charge in [-0.15, -0.1) is 10.2 Å². The molecule has 0 spiro atoms. The quantitative estimate of drug-likeness (QED) is 0.479. The molecule has 1 unspecified atom stereocenters. The van der Waals surface area contributed by atoms with Crippen LogP contribution >= 0.6 is 11.8 Å². The fourth-order valence-electron chi connectivity index (χ4n) is 4.33. The summed E-state index contributed by atoms with van der Waals surface area (Å²) in [6, 6.07) is 14.0. The number of benzene rings is 2. The summed E-state index contributed by atoms with van der Waals surface area (Å²) in [5.41, 5.74) is 1.79. The van der Waals surface area contributed by atoms with E-state index in [4.69, 9.17) is 9.47 Å². The van der Waals surface area contributed by atoms with Gasteiger partial charge in [-0.25, -0.2) is 4.39 Å². The van der Waals surface area contributed by atoms with Crippen molar-refractivity contribution in [1.82, 2.24) is 25.0 Å². The number of ether oxygens (including phenoxy) is 2. The molecule has 184 valence electrons. The molecule has 10 heteroatoms. The number of carbonyl (C=O) groups is 1. The molecular formula is C25H28FN5O3S. The molecule has 1 saturated heterocycles. The summed E-state index contributed by atoms with van der Waals surface area (Å²) in [6.45, 7) is 5.27. The van der Waals surface area contributed by atoms with E-state index in [0.717, 1.165) is 56.1 Å². The summed E-state index contributed by atoms with van der Waals surface area (Å²) in [5.74, 6) is 1.35. The van der Waals surface area contributed by atoms with Gasteiger partial charge >= 0.3 is 0 Å². The number of para-hydroxylation sites is 1. The van der Waals surface area contributed by atoms with E-state index in [2.05, 4.69) is 20.4 Å². The number of rotatable bonds is 8. The Hall–Kier alpha value is -2.95. The van der Waals surface area contributed by atoms with Crippen LogP contribution in [0.15, 0.2) is 53.7 Å². The number of aromatic nitrogens is 3. The van der Waals surface area contributed by atoms with E-state index >= 15 is 0 Å². The zero-order valence-corrected chi connectivity index (χ0v) is 20.2. The largest absolute Gasteiger partial charge is 0.493 e. The monoisotopic (exact) mass is 497 g/mol. The summed E-state index contributed by atoms with van der Waals surface area (Å²) in [6.07, 6.45) is 0.734. The van der Waals surface area contributed by atoms with Crippen molar-refractivity contribution in [3.8, 4) is 17.1 Å². The highest BCUT2D eigenvalue weighted by Gasteiger charge is 2.23. The van der Waals surface area contributed by atoms with Gasteiger partial charge in [-0.05, 0) is 30.3 Å². The fraction of sp³-hybridized carbons (Fsp3) is 0.400. The van der Waals surface area contributed by atoms with Crippen LogP contribution in [0.4, 0.5) is 4.39 Å². The predicted octanol–water partition coefficient (Wildman–Crippen LogP) is 3.15. The topological polar surface area (TPSA) is 81.5 Å². The van der Waals surface area contributed by atoms with E-state index in [1.807, 2.05) is 28.8 Å². The molecule has 5 rings (SSSR count). The SMILES string of the molecule is O=C(CSc1nnc(-c2ccc(F)cc2)n1CCN1CCOCC1)NC1CCOc2ccccc21. The van der Waals surface area contributed by atoms with Crippen molar-refractivity contribution in [2.24, 2.45) is 0 Å². The molecule has 0 radical (unpaired) electrons. The number of halogens is 1. The number of nitrogens with zero attached hydrogens (tertiary/aromatic N) is 4. The van der Waals surface area contributed by atoms with Crippen molar-refractivity contribution in [2.45, 2.75) is 24.2 Å². The molecule has 1 amide bonds. The lowest BCUT2D eigenvalue weighted by atomic mass is 10.0. The highest BCUT2D eigenvalue weighted by Crippen LogP contribution is 2.32. The second-order valence-electron chi connectivity index (χ2n) is 8.50. The van der Waals surface area contributed by atoms with E-state index in [1.165, 1.54) is 23.9 Å². The lowest BCUT2D eigenvalue weighted by molar-refractivity contribution is -0.119. The Morgan fingerprint density at radius 2 is 1.86 bits per heavy atom. The highest BCUT2D eigenvalue weighted by molar-refractivity contribution is 7.99. The number of nitrogens with one attached hydrogen (secondary N) is 1. The Kier molecular flexibility index (Phi) is 7.60. The molecule has 2 aromatic carbocycles. The van der Waals surface area contributed by atoms with E-state index in [1.54, 1.807) is 12.1 Å². The lowest BCUT2D eigenvalue weighted by Crippen LogP contribution is -2.38. The molecule has 1 fully saturated rings. The summed E-state index contributed by atoms with van der Waals surface area (Å²) in [5, 5.41) is 12.6. The van der Waals surface area contributed by atoms with Gasteiger partial charge in [0.15, 0.2) is 11.0 Å². The average Bonchev–Trinajstić information content (AvgIpc) is 3.30. The van der Waals surface area contributed by atoms with Crippen LogP contribution in [0.25, 0.3) is 11.4 Å². The standard InChI is InChI=1S/C25H28FN5O3S/c26-19-7-5-18(6-8-19)24-28-29-25(31(24)11-10-30-12-15-33-16-13-30)35-17-23(32)27-21-9-14-34-22-4-2-1-3-20(21)22/h1-8,21H,9-17H2,(H,27,32). The number of morpholine rings is 1. The summed E-state index contributed by atoms with van der Waals surface area (Å²) < 4.78 is 26.6. The number of thioether (sulfide) groups is 1. The van der Waals surface area contributed by atoms with Crippen LogP contribution < -0.4 is 10.1 Å². The first-order valence-electron chi connectivity index (χ1n) is 11.8. The van der Waals surface area contributed by atoms with E-state index in [9.17, 15) is 9.18 Å². The zero-order chi connectivity index (χ0) is 24.0. The van der Waals surface area contributed by atoms with E-state index < -0.39 is 0 Å². The molecule has 8 nitrogen and oxygen atoms in total. The van der Waals surface area contributed by atoms with Gasteiger partial charge in [-0.2, -0.15) is 0 Å². The van der Waals surface area contributed by atoms with Crippen LogP contribution in [0.5, 0.6) is 5.75 Å². The zero-order valence-electron chi connectivity index (χ0n) is 19.4. The highest BCUT2D eigenvalue weighted by atomic mass is 32.2. The van der Waals surface area contributed by atoms with Gasteiger partial charge in [0.1, 0.15) is 11.6 Å². The third-order valence-corrected chi connectivity index (χ3v) is 7.16. The minimum atomic E-state index is -0.297. The maximum Gasteiger partial charge on any atom is 0.230 e. The predicted molar refractivity (Wildman–Crippen MR) is 131 cm³/mol. The smallest absolute Gasteiger partial charge is 0.230 e. The van der Waals surface area contributed by atoms with Crippen LogP contribution in [0, 0.1) is 5.82 Å². The minimum absolute atomic E-state index is 0.0669. The van der Waals surface area contributed by atoms with Crippen molar-refractivity contribution >= 4 is 17.7 Å². The fourth-order valence-corrected chi connectivity index (χ4v) is 5.11. The van der Waals surface area contributed by atoms with Gasteiger partial charge in [0.05, 0.1) is 31.6 Å². The van der Waals surface area contributed by atoms with Crippen molar-refractivity contribution in [3.05, 3.63) is 59.9 Å². The van der Waals surface area contributed by atoms with Gasteiger partial charge in [-0.3, -0.25) is 9.69 Å². The van der Waals surface area contributed by atoms with Crippen LogP contribution in [-0.4, -0.2) is 70.8 Å². The molecule has 35 heavy (non-hydrogen) atoms. The Balaban J connectivity index is 1.27. The molecular weight excluding hydrogens is 469 g/mol. The van der Waals surface area contributed by atoms with Crippen LogP contribution in [-0.2, 0) is 16.1 Å². The first kappa shape index (κ1) is 23.8. The molecule has 0 bridgehead atoms. The van der Waals surface area contributed by atoms with Crippen LogP contribution in [0.1, 0.15) is 18.0 Å². The third kappa shape index (κ3) is 5.83. The molecule has 1 atom stereocenters. The van der Waals surface area contributed by atoms with E-state index in [0.29, 0.717) is 24.1 Å². The second kappa shape index (κ2) is 11.2. The third-order valence-electron chi connectivity index (χ3n) is 6.19. The number of fused-ring (bicyclic) bond motifs is 1. The van der Waals surface area contributed by atoms with Crippen LogP contribution in [0.3, 0.4) is 0 Å². The van der Waals surface area contributed by atoms with Gasteiger partial charge in [0.2, 0.25) is 5.91 Å². The summed E-state index contributed by atoms with van der Waals surface area (Å²) in [7, 11) is 0. The molecule has 1 N–H and O–H groups in total. The van der Waals surface area contributed by atoms with Crippen LogP contribution in [0.2, 0.25) is 0 Å². The van der Waals surface area contributed by atoms with Crippen molar-refractivity contribution < 1.29 is 18.7 Å². The molecule has 2 aliphatic rings. The Morgan fingerprint density at radius 3 is 2.69 bits per heavy atom. The molecule has 1 aromatic heterocycles. The summed E-state index contributed by atoms with van der Waals surface area (Å²) in [4.78, 5) is 15.2. The second-order valence-corrected chi connectivity index (χ2v) is 9.44. The van der Waals surface area contributed by atoms with Gasteiger partial charge in [-0.1, -0.05) is 30.0 Å². The average molecular weight is 498 g/mol. The number of hydrogen-bond donors (Lipinski definition) is 1. The van der Waals surface area contributed by atoms with Gasteiger partial charge in [0.25, 0.3) is 0 Å². The minimum Gasteiger partial charge on any atom is -0.493 e. The van der Waals surface area contributed by atoms with Gasteiger partial charge in [0, 0.05) is 43.7 Å². The molecule has 3 aromatic rings. The molecule has 2 aliphatic heterocycles. The van der Waals surface area contributed by atoms with E-state index in [-0.39, 0.29) is 23.5 Å². The Bertz CT molecular complexity index is 1150. The maximum absolute atomic E-state index is 13.5. The van der Waals surface area contributed by atoms with Crippen molar-refractivity contribution in [1.29, 1.82) is 0 Å². The normalized spacial score (nSPS) is 18.0. The Morgan fingerprint density at radius 1 is 1.06 bits per heavy atom. The molecule has 0 aliphatic carbocycles. The lowest BCUT2D eigenvalue weighted by Gasteiger charge is -2.27. The van der Waals surface area contributed by atoms with Crippen molar-refractivity contribution in [2.75, 3.05) is 45.2 Å².